The largest absolute Gasteiger partial charge is 0.363 e. The SMILES string of the molecule is Cc1cccnc1CN1CCCC(Nc2nccc(N(C)C)n2)C1. The maximum Gasteiger partial charge on any atom is 0.224 e. The fourth-order valence-electron chi connectivity index (χ4n) is 3.06. The van der Waals surface area contributed by atoms with Crippen molar-refractivity contribution in [2.45, 2.75) is 32.4 Å². The summed E-state index contributed by atoms with van der Waals surface area (Å²) in [5.74, 6) is 1.63. The van der Waals surface area contributed by atoms with E-state index in [1.165, 1.54) is 17.7 Å². The quantitative estimate of drug-likeness (QED) is 0.910. The lowest BCUT2D eigenvalue weighted by Crippen LogP contribution is -2.42. The topological polar surface area (TPSA) is 57.2 Å². The second-order valence-corrected chi connectivity index (χ2v) is 6.62. The molecule has 1 N–H and O–H groups in total. The Kier molecular flexibility index (Phi) is 5.25. The standard InChI is InChI=1S/C18H26N6/c1-14-6-4-9-19-16(14)13-24-11-5-7-15(12-24)21-18-20-10-8-17(22-18)23(2)3/h4,6,8-10,15H,5,7,11-13H2,1-3H3,(H,20,21,22). The molecule has 0 spiro atoms. The second kappa shape index (κ2) is 7.57. The molecule has 2 aromatic rings. The van der Waals surface area contributed by atoms with Crippen LogP contribution in [0.25, 0.3) is 0 Å². The summed E-state index contributed by atoms with van der Waals surface area (Å²) in [7, 11) is 3.98. The van der Waals surface area contributed by atoms with E-state index in [1.807, 2.05) is 43.5 Å². The number of aromatic nitrogens is 3. The molecule has 0 radical (unpaired) electrons. The first-order valence-corrected chi connectivity index (χ1v) is 8.51. The van der Waals surface area contributed by atoms with Crippen molar-refractivity contribution in [3.63, 3.8) is 0 Å². The van der Waals surface area contributed by atoms with Crippen LogP contribution in [0.1, 0.15) is 24.1 Å². The summed E-state index contributed by atoms with van der Waals surface area (Å²) in [6.45, 7) is 5.14. The zero-order valence-electron chi connectivity index (χ0n) is 14.7. The van der Waals surface area contributed by atoms with E-state index in [4.69, 9.17) is 0 Å². The van der Waals surface area contributed by atoms with E-state index >= 15 is 0 Å². The molecule has 2 aromatic heterocycles. The zero-order valence-corrected chi connectivity index (χ0v) is 14.7. The Labute approximate surface area is 143 Å². The van der Waals surface area contributed by atoms with E-state index in [0.717, 1.165) is 31.9 Å². The molecule has 1 aliphatic heterocycles. The molecule has 1 saturated heterocycles. The summed E-state index contributed by atoms with van der Waals surface area (Å²) < 4.78 is 0. The molecule has 1 unspecified atom stereocenters. The number of anilines is 2. The summed E-state index contributed by atoms with van der Waals surface area (Å²) in [5, 5.41) is 3.50. The van der Waals surface area contributed by atoms with Gasteiger partial charge in [0.15, 0.2) is 0 Å². The third kappa shape index (κ3) is 4.20. The van der Waals surface area contributed by atoms with Gasteiger partial charge in [0.25, 0.3) is 0 Å². The lowest BCUT2D eigenvalue weighted by molar-refractivity contribution is 0.205. The lowest BCUT2D eigenvalue weighted by Gasteiger charge is -2.33. The van der Waals surface area contributed by atoms with Crippen molar-refractivity contribution in [2.24, 2.45) is 0 Å². The summed E-state index contributed by atoms with van der Waals surface area (Å²) in [6.07, 6.45) is 6.01. The molecule has 3 rings (SSSR count). The average Bonchev–Trinajstić information content (AvgIpc) is 2.57. The maximum atomic E-state index is 4.56. The molecule has 1 aliphatic rings. The van der Waals surface area contributed by atoms with Gasteiger partial charge in [0.1, 0.15) is 5.82 Å². The molecule has 6 nitrogen and oxygen atoms in total. The van der Waals surface area contributed by atoms with Crippen molar-refractivity contribution >= 4 is 11.8 Å². The third-order valence-electron chi connectivity index (χ3n) is 4.43. The molecule has 0 amide bonds. The number of pyridine rings is 1. The van der Waals surface area contributed by atoms with Crippen molar-refractivity contribution in [1.82, 2.24) is 19.9 Å². The van der Waals surface area contributed by atoms with Crippen LogP contribution in [0, 0.1) is 6.92 Å². The highest BCUT2D eigenvalue weighted by atomic mass is 15.2. The first kappa shape index (κ1) is 16.6. The van der Waals surface area contributed by atoms with Crippen molar-refractivity contribution in [2.75, 3.05) is 37.4 Å². The molecule has 0 aromatic carbocycles. The van der Waals surface area contributed by atoms with Crippen LogP contribution in [0.5, 0.6) is 0 Å². The Morgan fingerprint density at radius 2 is 2.12 bits per heavy atom. The Morgan fingerprint density at radius 1 is 1.25 bits per heavy atom. The van der Waals surface area contributed by atoms with Crippen molar-refractivity contribution in [3.8, 4) is 0 Å². The van der Waals surface area contributed by atoms with E-state index in [2.05, 4.69) is 38.2 Å². The van der Waals surface area contributed by atoms with Gasteiger partial charge < -0.3 is 10.2 Å². The summed E-state index contributed by atoms with van der Waals surface area (Å²) >= 11 is 0. The fraction of sp³-hybridized carbons (Fsp3) is 0.500. The predicted octanol–water partition coefficient (Wildman–Crippen LogP) is 2.32. The number of nitrogens with zero attached hydrogens (tertiary/aromatic N) is 5. The van der Waals surface area contributed by atoms with Crippen LogP contribution in [0.15, 0.2) is 30.6 Å². The molecule has 24 heavy (non-hydrogen) atoms. The molecule has 0 aliphatic carbocycles. The minimum absolute atomic E-state index is 0.375. The molecule has 0 bridgehead atoms. The number of rotatable bonds is 5. The minimum atomic E-state index is 0.375. The molecule has 0 saturated carbocycles. The number of hydrogen-bond donors (Lipinski definition) is 1. The molecular formula is C18H26N6. The smallest absolute Gasteiger partial charge is 0.224 e. The van der Waals surface area contributed by atoms with Crippen LogP contribution >= 0.6 is 0 Å². The van der Waals surface area contributed by atoms with Crippen molar-refractivity contribution in [1.29, 1.82) is 0 Å². The van der Waals surface area contributed by atoms with Gasteiger partial charge in [-0.25, -0.2) is 4.98 Å². The maximum absolute atomic E-state index is 4.56. The van der Waals surface area contributed by atoms with E-state index in [-0.39, 0.29) is 0 Å². The van der Waals surface area contributed by atoms with Crippen LogP contribution in [0.3, 0.4) is 0 Å². The highest BCUT2D eigenvalue weighted by Crippen LogP contribution is 2.17. The van der Waals surface area contributed by atoms with E-state index in [0.29, 0.717) is 12.0 Å². The van der Waals surface area contributed by atoms with Gasteiger partial charge in [0.2, 0.25) is 5.95 Å². The number of aryl methyl sites for hydroxylation is 1. The summed E-state index contributed by atoms with van der Waals surface area (Å²) in [6, 6.07) is 6.42. The van der Waals surface area contributed by atoms with Gasteiger partial charge in [-0.2, -0.15) is 4.98 Å². The highest BCUT2D eigenvalue weighted by Gasteiger charge is 2.21. The fourth-order valence-corrected chi connectivity index (χ4v) is 3.06. The van der Waals surface area contributed by atoms with Gasteiger partial charge in [-0.15, -0.1) is 0 Å². The van der Waals surface area contributed by atoms with Crippen LogP contribution in [-0.4, -0.2) is 53.1 Å². The summed E-state index contributed by atoms with van der Waals surface area (Å²) in [5.41, 5.74) is 2.43. The normalized spacial score (nSPS) is 18.4. The Bertz CT molecular complexity index is 672. The molecule has 3 heterocycles. The molecule has 1 atom stereocenters. The van der Waals surface area contributed by atoms with Gasteiger partial charge >= 0.3 is 0 Å². The van der Waals surface area contributed by atoms with Crippen molar-refractivity contribution < 1.29 is 0 Å². The number of likely N-dealkylation sites (tertiary alicyclic amines) is 1. The van der Waals surface area contributed by atoms with Gasteiger partial charge in [0.05, 0.1) is 5.69 Å². The molecular weight excluding hydrogens is 300 g/mol. The minimum Gasteiger partial charge on any atom is -0.363 e. The van der Waals surface area contributed by atoms with Crippen LogP contribution < -0.4 is 10.2 Å². The Balaban J connectivity index is 1.61. The van der Waals surface area contributed by atoms with Crippen molar-refractivity contribution in [3.05, 3.63) is 41.9 Å². The lowest BCUT2D eigenvalue weighted by atomic mass is 10.1. The number of nitrogens with one attached hydrogen (secondary N) is 1. The Hall–Kier alpha value is -2.21. The predicted molar refractivity (Wildman–Crippen MR) is 97.3 cm³/mol. The second-order valence-electron chi connectivity index (χ2n) is 6.62. The zero-order chi connectivity index (χ0) is 16.9. The molecule has 1 fully saturated rings. The Morgan fingerprint density at radius 3 is 2.92 bits per heavy atom. The van der Waals surface area contributed by atoms with Crippen LogP contribution in [0.4, 0.5) is 11.8 Å². The number of piperidine rings is 1. The summed E-state index contributed by atoms with van der Waals surface area (Å²) in [4.78, 5) is 17.9. The molecule has 6 heteroatoms. The van der Waals surface area contributed by atoms with Gasteiger partial charge in [-0.05, 0) is 44.0 Å². The van der Waals surface area contributed by atoms with E-state index < -0.39 is 0 Å². The van der Waals surface area contributed by atoms with E-state index in [9.17, 15) is 0 Å². The highest BCUT2D eigenvalue weighted by molar-refractivity contribution is 5.41. The first-order chi connectivity index (χ1) is 11.6. The first-order valence-electron chi connectivity index (χ1n) is 8.51. The third-order valence-corrected chi connectivity index (χ3v) is 4.43. The van der Waals surface area contributed by atoms with Crippen LogP contribution in [0.2, 0.25) is 0 Å². The average molecular weight is 326 g/mol. The van der Waals surface area contributed by atoms with E-state index in [1.54, 1.807) is 0 Å². The number of hydrogen-bond acceptors (Lipinski definition) is 6. The van der Waals surface area contributed by atoms with Crippen LogP contribution in [-0.2, 0) is 6.54 Å². The van der Waals surface area contributed by atoms with Gasteiger partial charge in [0, 0.05) is 45.6 Å². The van der Waals surface area contributed by atoms with Gasteiger partial charge in [-0.1, -0.05) is 6.07 Å². The monoisotopic (exact) mass is 326 g/mol. The molecule has 128 valence electrons. The van der Waals surface area contributed by atoms with Gasteiger partial charge in [-0.3, -0.25) is 9.88 Å².